The van der Waals surface area contributed by atoms with Crippen LogP contribution in [0.4, 0.5) is 0 Å². The highest BCUT2D eigenvalue weighted by atomic mass is 16.5. The second kappa shape index (κ2) is 4.94. The lowest BCUT2D eigenvalue weighted by molar-refractivity contribution is -0.142. The Labute approximate surface area is 90.2 Å². The third kappa shape index (κ3) is 2.80. The maximum absolute atomic E-state index is 11.2. The van der Waals surface area contributed by atoms with Crippen LogP contribution in [0.25, 0.3) is 0 Å². The average molecular weight is 207 g/mol. The van der Waals surface area contributed by atoms with E-state index >= 15 is 0 Å². The van der Waals surface area contributed by atoms with Gasteiger partial charge in [0.15, 0.2) is 0 Å². The van der Waals surface area contributed by atoms with E-state index in [1.54, 1.807) is 0 Å². The van der Waals surface area contributed by atoms with Crippen LogP contribution in [-0.4, -0.2) is 13.1 Å². The summed E-state index contributed by atoms with van der Waals surface area (Å²) < 4.78 is 4.60. The first-order chi connectivity index (χ1) is 7.06. The van der Waals surface area contributed by atoms with E-state index in [1.165, 1.54) is 12.7 Å². The van der Waals surface area contributed by atoms with Gasteiger partial charge >= 0.3 is 5.97 Å². The Morgan fingerprint density at radius 2 is 1.93 bits per heavy atom. The number of carbonyl (C=O) groups excluding carboxylic acids is 1. The summed E-state index contributed by atoms with van der Waals surface area (Å²) in [5.41, 5.74) is 7.72. The maximum Gasteiger partial charge on any atom is 0.327 e. The van der Waals surface area contributed by atoms with E-state index in [9.17, 15) is 4.79 Å². The van der Waals surface area contributed by atoms with Gasteiger partial charge < -0.3 is 10.5 Å². The molecule has 15 heavy (non-hydrogen) atoms. The summed E-state index contributed by atoms with van der Waals surface area (Å²) in [7, 11) is 1.34. The van der Waals surface area contributed by atoms with Crippen molar-refractivity contribution in [1.82, 2.24) is 0 Å². The molecule has 3 nitrogen and oxygen atoms in total. The molecule has 0 saturated carbocycles. The van der Waals surface area contributed by atoms with Crippen molar-refractivity contribution < 1.29 is 9.53 Å². The van der Waals surface area contributed by atoms with Gasteiger partial charge in [0.1, 0.15) is 6.04 Å². The zero-order valence-electron chi connectivity index (χ0n) is 9.36. The Morgan fingerprint density at radius 1 is 1.33 bits per heavy atom. The Balaban J connectivity index is 2.95. The van der Waals surface area contributed by atoms with Crippen LogP contribution in [0.2, 0.25) is 0 Å². The van der Waals surface area contributed by atoms with Crippen LogP contribution in [0.15, 0.2) is 24.3 Å². The van der Waals surface area contributed by atoms with E-state index in [1.807, 2.05) is 24.3 Å². The zero-order chi connectivity index (χ0) is 11.4. The number of carbonyl (C=O) groups is 1. The fourth-order valence-electron chi connectivity index (χ4n) is 1.37. The summed E-state index contributed by atoms with van der Waals surface area (Å²) in [6.45, 7) is 4.20. The second-order valence-corrected chi connectivity index (χ2v) is 3.83. The molecule has 82 valence electrons. The first-order valence-electron chi connectivity index (χ1n) is 4.99. The van der Waals surface area contributed by atoms with E-state index in [0.29, 0.717) is 5.92 Å². The van der Waals surface area contributed by atoms with Crippen LogP contribution in [-0.2, 0) is 9.53 Å². The minimum absolute atomic E-state index is 0.407. The highest BCUT2D eigenvalue weighted by Gasteiger charge is 2.16. The molecule has 0 amide bonds. The van der Waals surface area contributed by atoms with Crippen molar-refractivity contribution in [3.05, 3.63) is 35.4 Å². The lowest BCUT2D eigenvalue weighted by atomic mass is 9.98. The van der Waals surface area contributed by atoms with Crippen LogP contribution in [0.5, 0.6) is 0 Å². The van der Waals surface area contributed by atoms with E-state index in [4.69, 9.17) is 5.73 Å². The van der Waals surface area contributed by atoms with Gasteiger partial charge in [-0.3, -0.25) is 4.79 Å². The summed E-state index contributed by atoms with van der Waals surface area (Å²) in [6, 6.07) is 7.04. The molecule has 1 rings (SSSR count). The summed E-state index contributed by atoms with van der Waals surface area (Å²) in [5.74, 6) is 0.0192. The number of ether oxygens (including phenoxy) is 1. The Morgan fingerprint density at radius 3 is 2.47 bits per heavy atom. The molecular weight excluding hydrogens is 190 g/mol. The van der Waals surface area contributed by atoms with Crippen molar-refractivity contribution in [1.29, 1.82) is 0 Å². The number of esters is 1. The number of methoxy groups -OCH3 is 1. The standard InChI is InChI=1S/C12H17NO2/c1-8(2)9-5-4-6-10(7-9)11(13)12(14)15-3/h4-8,11H,13H2,1-3H3/t11-/m1/s1. The number of benzene rings is 1. The molecule has 0 heterocycles. The molecule has 1 aromatic carbocycles. The maximum atomic E-state index is 11.2. The van der Waals surface area contributed by atoms with Gasteiger partial charge in [0, 0.05) is 0 Å². The molecule has 2 N–H and O–H groups in total. The van der Waals surface area contributed by atoms with Crippen LogP contribution in [0, 0.1) is 0 Å². The van der Waals surface area contributed by atoms with E-state index in [0.717, 1.165) is 5.56 Å². The lowest BCUT2D eigenvalue weighted by Gasteiger charge is -2.12. The van der Waals surface area contributed by atoms with Gasteiger partial charge in [-0.25, -0.2) is 0 Å². The zero-order valence-corrected chi connectivity index (χ0v) is 9.36. The monoisotopic (exact) mass is 207 g/mol. The van der Waals surface area contributed by atoms with Crippen molar-refractivity contribution in [2.75, 3.05) is 7.11 Å². The molecule has 0 unspecified atom stereocenters. The average Bonchev–Trinajstić information content (AvgIpc) is 2.27. The molecule has 0 spiro atoms. The largest absolute Gasteiger partial charge is 0.468 e. The number of hydrogen-bond donors (Lipinski definition) is 1. The van der Waals surface area contributed by atoms with Crippen molar-refractivity contribution in [3.8, 4) is 0 Å². The predicted octanol–water partition coefficient (Wildman–Crippen LogP) is 1.98. The Hall–Kier alpha value is -1.35. The van der Waals surface area contributed by atoms with Gasteiger partial charge in [-0.15, -0.1) is 0 Å². The normalized spacial score (nSPS) is 12.6. The lowest BCUT2D eigenvalue weighted by Crippen LogP contribution is -2.22. The van der Waals surface area contributed by atoms with Crippen LogP contribution in [0.3, 0.4) is 0 Å². The molecule has 0 saturated heterocycles. The summed E-state index contributed by atoms with van der Waals surface area (Å²) >= 11 is 0. The quantitative estimate of drug-likeness (QED) is 0.771. The fourth-order valence-corrected chi connectivity index (χ4v) is 1.37. The van der Waals surface area contributed by atoms with Crippen molar-refractivity contribution in [2.45, 2.75) is 25.8 Å². The van der Waals surface area contributed by atoms with Gasteiger partial charge in [-0.05, 0) is 17.0 Å². The molecular formula is C12H17NO2. The molecule has 0 radical (unpaired) electrons. The first kappa shape index (κ1) is 11.7. The molecule has 0 aliphatic rings. The van der Waals surface area contributed by atoms with E-state index in [-0.39, 0.29) is 0 Å². The number of rotatable bonds is 3. The van der Waals surface area contributed by atoms with Gasteiger partial charge in [0.05, 0.1) is 7.11 Å². The van der Waals surface area contributed by atoms with Crippen LogP contribution in [0.1, 0.15) is 36.9 Å². The molecule has 1 atom stereocenters. The molecule has 0 fully saturated rings. The van der Waals surface area contributed by atoms with Crippen LogP contribution < -0.4 is 5.73 Å². The highest BCUT2D eigenvalue weighted by molar-refractivity contribution is 5.77. The predicted molar refractivity (Wildman–Crippen MR) is 59.5 cm³/mol. The van der Waals surface area contributed by atoms with Crippen molar-refractivity contribution in [2.24, 2.45) is 5.73 Å². The number of hydrogen-bond acceptors (Lipinski definition) is 3. The van der Waals surface area contributed by atoms with Crippen LogP contribution >= 0.6 is 0 Å². The highest BCUT2D eigenvalue weighted by Crippen LogP contribution is 2.19. The molecule has 1 aromatic rings. The third-order valence-corrected chi connectivity index (χ3v) is 2.39. The van der Waals surface area contributed by atoms with Crippen molar-refractivity contribution in [3.63, 3.8) is 0 Å². The topological polar surface area (TPSA) is 52.3 Å². The van der Waals surface area contributed by atoms with E-state index < -0.39 is 12.0 Å². The minimum atomic E-state index is -0.686. The third-order valence-electron chi connectivity index (χ3n) is 2.39. The molecule has 3 heteroatoms. The Kier molecular flexibility index (Phi) is 3.86. The van der Waals surface area contributed by atoms with Gasteiger partial charge in [-0.1, -0.05) is 38.1 Å². The first-order valence-corrected chi connectivity index (χ1v) is 4.99. The van der Waals surface area contributed by atoms with Gasteiger partial charge in [0.25, 0.3) is 0 Å². The Bertz CT molecular complexity index is 347. The SMILES string of the molecule is COC(=O)[C@H](N)c1cccc(C(C)C)c1. The summed E-state index contributed by atoms with van der Waals surface area (Å²) in [6.07, 6.45) is 0. The molecule has 0 aliphatic carbocycles. The van der Waals surface area contributed by atoms with E-state index in [2.05, 4.69) is 18.6 Å². The molecule has 0 aromatic heterocycles. The summed E-state index contributed by atoms with van der Waals surface area (Å²) in [5, 5.41) is 0. The molecule has 0 bridgehead atoms. The summed E-state index contributed by atoms with van der Waals surface area (Å²) in [4.78, 5) is 11.2. The molecule has 0 aliphatic heterocycles. The minimum Gasteiger partial charge on any atom is -0.468 e. The second-order valence-electron chi connectivity index (χ2n) is 3.83. The van der Waals surface area contributed by atoms with Gasteiger partial charge in [-0.2, -0.15) is 0 Å². The van der Waals surface area contributed by atoms with Crippen molar-refractivity contribution >= 4 is 5.97 Å². The fraction of sp³-hybridized carbons (Fsp3) is 0.417. The van der Waals surface area contributed by atoms with Gasteiger partial charge in [0.2, 0.25) is 0 Å². The smallest absolute Gasteiger partial charge is 0.327 e. The number of nitrogens with two attached hydrogens (primary N) is 1.